The number of hydrogen-bond donors (Lipinski definition) is 0. The highest BCUT2D eigenvalue weighted by atomic mass is 32.2. The van der Waals surface area contributed by atoms with E-state index in [9.17, 15) is 13.2 Å². The number of nitrogens with zero attached hydrogens (tertiary/aromatic N) is 3. The molecule has 2 aromatic rings. The van der Waals surface area contributed by atoms with E-state index in [1.165, 1.54) is 29.6 Å². The first-order chi connectivity index (χ1) is 11.9. The van der Waals surface area contributed by atoms with Gasteiger partial charge in [-0.15, -0.1) is 0 Å². The topological polar surface area (TPSA) is 100 Å². The number of Topliss-reactive ketones (excluding diaryl/α,β-unsaturated/α-hetero) is 1. The minimum Gasteiger partial charge on any atom is -0.472 e. The number of ketones is 1. The third-order valence-corrected chi connectivity index (χ3v) is 5.67. The van der Waals surface area contributed by atoms with Gasteiger partial charge in [-0.1, -0.05) is 12.1 Å². The van der Waals surface area contributed by atoms with Crippen LogP contribution in [0.25, 0.3) is 0 Å². The summed E-state index contributed by atoms with van der Waals surface area (Å²) in [6, 6.07) is 11.1. The largest absolute Gasteiger partial charge is 0.472 e. The van der Waals surface area contributed by atoms with E-state index in [1.54, 1.807) is 24.3 Å². The molecule has 8 heteroatoms. The summed E-state index contributed by atoms with van der Waals surface area (Å²) in [5.41, 5.74) is 0.784. The van der Waals surface area contributed by atoms with Crippen molar-refractivity contribution in [2.75, 3.05) is 13.1 Å². The normalized spacial score (nSPS) is 15.2. The second-order valence-electron chi connectivity index (χ2n) is 5.64. The highest BCUT2D eigenvalue weighted by Gasteiger charge is 2.38. The first-order valence-corrected chi connectivity index (χ1v) is 8.98. The van der Waals surface area contributed by atoms with E-state index in [1.807, 2.05) is 6.07 Å². The van der Waals surface area contributed by atoms with Gasteiger partial charge in [0.1, 0.15) is 12.2 Å². The quantitative estimate of drug-likeness (QED) is 0.754. The second-order valence-corrected chi connectivity index (χ2v) is 7.58. The fraction of sp³-hybridized carbons (Fsp3) is 0.235. The van der Waals surface area contributed by atoms with Crippen molar-refractivity contribution in [3.05, 3.63) is 53.7 Å². The summed E-state index contributed by atoms with van der Waals surface area (Å²) in [6.07, 6.45) is 1.10. The van der Waals surface area contributed by atoms with Crippen molar-refractivity contribution in [2.45, 2.75) is 17.9 Å². The van der Waals surface area contributed by atoms with Crippen LogP contribution >= 0.6 is 0 Å². The highest BCUT2D eigenvalue weighted by Crippen LogP contribution is 2.24. The van der Waals surface area contributed by atoms with E-state index in [2.05, 4.69) is 4.98 Å². The zero-order valence-corrected chi connectivity index (χ0v) is 14.2. The first-order valence-electron chi connectivity index (χ1n) is 7.54. The van der Waals surface area contributed by atoms with Gasteiger partial charge in [-0.2, -0.15) is 9.57 Å². The molecule has 1 aromatic heterocycles. The number of benzene rings is 1. The van der Waals surface area contributed by atoms with Crippen LogP contribution in [0.4, 0.5) is 0 Å². The third kappa shape index (κ3) is 3.52. The van der Waals surface area contributed by atoms with Crippen LogP contribution in [0, 0.1) is 11.3 Å². The maximum Gasteiger partial charge on any atom is 0.243 e. The number of nitriles is 1. The Balaban J connectivity index is 1.65. The predicted molar refractivity (Wildman–Crippen MR) is 88.6 cm³/mol. The van der Waals surface area contributed by atoms with E-state index in [0.717, 1.165) is 0 Å². The summed E-state index contributed by atoms with van der Waals surface area (Å²) >= 11 is 0. The fourth-order valence-corrected chi connectivity index (χ4v) is 3.93. The molecule has 7 nitrogen and oxygen atoms in total. The van der Waals surface area contributed by atoms with Gasteiger partial charge >= 0.3 is 0 Å². The molecule has 0 atom stereocenters. The molecule has 1 aliphatic rings. The van der Waals surface area contributed by atoms with Gasteiger partial charge in [0.25, 0.3) is 0 Å². The lowest BCUT2D eigenvalue weighted by atomic mass is 10.2. The number of rotatable bonds is 5. The number of sulfonamides is 1. The van der Waals surface area contributed by atoms with Crippen LogP contribution in [0.5, 0.6) is 5.88 Å². The van der Waals surface area contributed by atoms with Crippen LogP contribution in [-0.2, 0) is 10.0 Å². The number of carbonyl (C=O) groups is 1. The van der Waals surface area contributed by atoms with Gasteiger partial charge in [0.15, 0.2) is 5.78 Å². The van der Waals surface area contributed by atoms with Crippen molar-refractivity contribution < 1.29 is 17.9 Å². The minimum atomic E-state index is -3.66. The molecule has 1 aliphatic heterocycles. The Hall–Kier alpha value is -2.76. The summed E-state index contributed by atoms with van der Waals surface area (Å²) in [4.78, 5) is 15.5. The molecule has 1 aromatic carbocycles. The average Bonchev–Trinajstić information content (AvgIpc) is 2.58. The van der Waals surface area contributed by atoms with Crippen LogP contribution in [0.1, 0.15) is 22.8 Å². The second kappa shape index (κ2) is 6.63. The van der Waals surface area contributed by atoms with E-state index in [0.29, 0.717) is 17.0 Å². The van der Waals surface area contributed by atoms with Crippen molar-refractivity contribution in [3.8, 4) is 11.9 Å². The Kier molecular flexibility index (Phi) is 4.53. The molecule has 0 bridgehead atoms. The van der Waals surface area contributed by atoms with Gasteiger partial charge in [-0.25, -0.2) is 13.4 Å². The third-order valence-electron chi connectivity index (χ3n) is 3.85. The molecular weight excluding hydrogens is 342 g/mol. The van der Waals surface area contributed by atoms with Gasteiger partial charge in [-0.3, -0.25) is 4.79 Å². The monoisotopic (exact) mass is 357 g/mol. The number of pyridine rings is 1. The molecule has 0 unspecified atom stereocenters. The molecular formula is C17H15N3O4S. The van der Waals surface area contributed by atoms with Crippen LogP contribution in [0.3, 0.4) is 0 Å². The summed E-state index contributed by atoms with van der Waals surface area (Å²) in [6.45, 7) is 1.80. The SMILES string of the molecule is CC(=O)c1cccc(S(=O)(=O)N2CC(Oc3ccc(C#N)cn3)C2)c1. The lowest BCUT2D eigenvalue weighted by molar-refractivity contribution is 0.0721. The van der Waals surface area contributed by atoms with E-state index < -0.39 is 10.0 Å². The smallest absolute Gasteiger partial charge is 0.243 e. The Labute approximate surface area is 145 Å². The fourth-order valence-electron chi connectivity index (χ4n) is 2.38. The molecule has 3 rings (SSSR count). The molecule has 0 spiro atoms. The summed E-state index contributed by atoms with van der Waals surface area (Å²) in [7, 11) is -3.66. The van der Waals surface area contributed by atoms with Crippen molar-refractivity contribution in [3.63, 3.8) is 0 Å². The molecule has 0 aliphatic carbocycles. The Bertz CT molecular complexity index is 943. The Morgan fingerprint density at radius 2 is 2.08 bits per heavy atom. The van der Waals surface area contributed by atoms with Gasteiger partial charge in [0.05, 0.1) is 23.5 Å². The number of hydrogen-bond acceptors (Lipinski definition) is 6. The van der Waals surface area contributed by atoms with Gasteiger partial charge in [0.2, 0.25) is 15.9 Å². The maximum absolute atomic E-state index is 12.6. The standard InChI is InChI=1S/C17H15N3O4S/c1-12(21)14-3-2-4-16(7-14)25(22,23)20-10-15(11-20)24-17-6-5-13(8-18)9-19-17/h2-7,9,15H,10-11H2,1H3. The number of ether oxygens (including phenoxy) is 1. The van der Waals surface area contributed by atoms with Crippen molar-refractivity contribution in [1.29, 1.82) is 5.26 Å². The Morgan fingerprint density at radius 3 is 2.68 bits per heavy atom. The first kappa shape index (κ1) is 17.1. The number of aromatic nitrogens is 1. The summed E-state index contributed by atoms with van der Waals surface area (Å²) in [5, 5.41) is 8.73. The van der Waals surface area contributed by atoms with Crippen molar-refractivity contribution in [2.24, 2.45) is 0 Å². The maximum atomic E-state index is 12.6. The van der Waals surface area contributed by atoms with Crippen LogP contribution < -0.4 is 4.74 Å². The molecule has 0 radical (unpaired) electrons. The molecule has 1 fully saturated rings. The van der Waals surface area contributed by atoms with Gasteiger partial charge < -0.3 is 4.74 Å². The van der Waals surface area contributed by atoms with E-state index >= 15 is 0 Å². The highest BCUT2D eigenvalue weighted by molar-refractivity contribution is 7.89. The molecule has 0 amide bonds. The molecule has 0 saturated carbocycles. The predicted octanol–water partition coefficient (Wildman–Crippen LogP) is 1.61. The average molecular weight is 357 g/mol. The van der Waals surface area contributed by atoms with Gasteiger partial charge in [-0.05, 0) is 25.1 Å². The van der Waals surface area contributed by atoms with Crippen LogP contribution in [-0.4, -0.2) is 42.7 Å². The van der Waals surface area contributed by atoms with Crippen molar-refractivity contribution >= 4 is 15.8 Å². The molecule has 128 valence electrons. The lowest BCUT2D eigenvalue weighted by Gasteiger charge is -2.37. The van der Waals surface area contributed by atoms with E-state index in [4.69, 9.17) is 10.00 Å². The molecule has 1 saturated heterocycles. The minimum absolute atomic E-state index is 0.0927. The van der Waals surface area contributed by atoms with Crippen molar-refractivity contribution in [1.82, 2.24) is 9.29 Å². The molecule has 0 N–H and O–H groups in total. The lowest BCUT2D eigenvalue weighted by Crippen LogP contribution is -2.56. The number of carbonyl (C=O) groups excluding carboxylic acids is 1. The van der Waals surface area contributed by atoms with Crippen LogP contribution in [0.2, 0.25) is 0 Å². The zero-order chi connectivity index (χ0) is 18.0. The van der Waals surface area contributed by atoms with Crippen LogP contribution in [0.15, 0.2) is 47.5 Å². The summed E-state index contributed by atoms with van der Waals surface area (Å²) in [5.74, 6) is 0.161. The molecule has 2 heterocycles. The molecule has 25 heavy (non-hydrogen) atoms. The van der Waals surface area contributed by atoms with E-state index in [-0.39, 0.29) is 29.9 Å². The summed E-state index contributed by atoms with van der Waals surface area (Å²) < 4.78 is 32.0. The van der Waals surface area contributed by atoms with Gasteiger partial charge in [0, 0.05) is 17.8 Å². The zero-order valence-electron chi connectivity index (χ0n) is 13.4. The Morgan fingerprint density at radius 1 is 1.32 bits per heavy atom.